The molecule has 0 amide bonds. The molecule has 136 valence electrons. The van der Waals surface area contributed by atoms with Crippen LogP contribution in [0.5, 0.6) is 0 Å². The summed E-state index contributed by atoms with van der Waals surface area (Å²) in [6.45, 7) is 6.06. The standard InChI is InChI=1S/C20H27NO4/c1-13-6-4-7-16(10-13)20-21-19(14(2)24-20)12-23-17-8-5-9-18(11-17)25-15(3)22/h4,6-7,10,15,17-18,22H,5,8-9,11-12H2,1-3H3/t15-,17+,18?/m1/s1. The zero-order valence-electron chi connectivity index (χ0n) is 15.2. The lowest BCUT2D eigenvalue weighted by atomic mass is 9.95. The highest BCUT2D eigenvalue weighted by atomic mass is 16.6. The quantitative estimate of drug-likeness (QED) is 0.797. The molecule has 1 aliphatic carbocycles. The molecule has 2 aromatic rings. The first-order valence-corrected chi connectivity index (χ1v) is 8.99. The fourth-order valence-corrected chi connectivity index (χ4v) is 3.32. The van der Waals surface area contributed by atoms with E-state index in [1.807, 2.05) is 19.1 Å². The number of aliphatic hydroxyl groups excluding tert-OH is 1. The summed E-state index contributed by atoms with van der Waals surface area (Å²) in [5.41, 5.74) is 3.00. The van der Waals surface area contributed by atoms with E-state index in [0.29, 0.717) is 12.5 Å². The van der Waals surface area contributed by atoms with E-state index in [1.54, 1.807) is 6.92 Å². The van der Waals surface area contributed by atoms with Crippen LogP contribution in [0.4, 0.5) is 0 Å². The van der Waals surface area contributed by atoms with Crippen LogP contribution in [0.25, 0.3) is 11.5 Å². The van der Waals surface area contributed by atoms with Gasteiger partial charge in [-0.05, 0) is 58.6 Å². The number of rotatable bonds is 6. The Kier molecular flexibility index (Phi) is 5.89. The Balaban J connectivity index is 1.60. The van der Waals surface area contributed by atoms with Crippen molar-refractivity contribution in [3.63, 3.8) is 0 Å². The molecule has 25 heavy (non-hydrogen) atoms. The maximum Gasteiger partial charge on any atom is 0.226 e. The molecule has 0 aliphatic heterocycles. The number of aliphatic hydroxyl groups is 1. The fraction of sp³-hybridized carbons (Fsp3) is 0.550. The molecule has 1 aromatic heterocycles. The van der Waals surface area contributed by atoms with Crippen molar-refractivity contribution in [2.45, 2.75) is 71.6 Å². The van der Waals surface area contributed by atoms with E-state index in [-0.39, 0.29) is 12.2 Å². The molecule has 3 rings (SSSR count). The number of hydrogen-bond acceptors (Lipinski definition) is 5. The maximum absolute atomic E-state index is 9.38. The minimum Gasteiger partial charge on any atom is -0.441 e. The highest BCUT2D eigenvalue weighted by molar-refractivity contribution is 5.54. The van der Waals surface area contributed by atoms with Crippen LogP contribution in [-0.4, -0.2) is 28.6 Å². The lowest BCUT2D eigenvalue weighted by Gasteiger charge is -2.29. The van der Waals surface area contributed by atoms with E-state index < -0.39 is 6.29 Å². The molecular weight excluding hydrogens is 318 g/mol. The van der Waals surface area contributed by atoms with Gasteiger partial charge in [-0.25, -0.2) is 4.98 Å². The predicted molar refractivity (Wildman–Crippen MR) is 95.0 cm³/mol. The minimum atomic E-state index is -0.724. The van der Waals surface area contributed by atoms with Gasteiger partial charge in [-0.3, -0.25) is 0 Å². The molecule has 0 bridgehead atoms. The van der Waals surface area contributed by atoms with Crippen LogP contribution < -0.4 is 0 Å². The second-order valence-corrected chi connectivity index (χ2v) is 6.85. The molecule has 0 radical (unpaired) electrons. The Morgan fingerprint density at radius 1 is 1.28 bits per heavy atom. The van der Waals surface area contributed by atoms with Gasteiger partial charge in [-0.15, -0.1) is 0 Å². The average molecular weight is 345 g/mol. The van der Waals surface area contributed by atoms with E-state index in [4.69, 9.17) is 13.9 Å². The van der Waals surface area contributed by atoms with E-state index in [0.717, 1.165) is 42.7 Å². The summed E-state index contributed by atoms with van der Waals surface area (Å²) in [4.78, 5) is 4.61. The molecule has 1 aromatic carbocycles. The normalized spacial score (nSPS) is 22.1. The van der Waals surface area contributed by atoms with Crippen LogP contribution in [0.2, 0.25) is 0 Å². The second-order valence-electron chi connectivity index (χ2n) is 6.85. The van der Waals surface area contributed by atoms with Crippen molar-refractivity contribution in [3.05, 3.63) is 41.3 Å². The van der Waals surface area contributed by atoms with Crippen molar-refractivity contribution in [2.24, 2.45) is 0 Å². The zero-order chi connectivity index (χ0) is 17.8. The molecule has 1 fully saturated rings. The van der Waals surface area contributed by atoms with E-state index in [9.17, 15) is 5.11 Å². The first-order chi connectivity index (χ1) is 12.0. The van der Waals surface area contributed by atoms with Crippen molar-refractivity contribution in [2.75, 3.05) is 0 Å². The van der Waals surface area contributed by atoms with Gasteiger partial charge in [0.15, 0.2) is 6.29 Å². The van der Waals surface area contributed by atoms with Crippen molar-refractivity contribution in [1.29, 1.82) is 0 Å². The van der Waals surface area contributed by atoms with E-state index in [1.165, 1.54) is 5.56 Å². The molecule has 1 heterocycles. The molecule has 0 spiro atoms. The smallest absolute Gasteiger partial charge is 0.226 e. The molecule has 1 unspecified atom stereocenters. The van der Waals surface area contributed by atoms with Crippen LogP contribution in [0.1, 0.15) is 49.6 Å². The molecule has 1 saturated carbocycles. The van der Waals surface area contributed by atoms with Gasteiger partial charge in [-0.1, -0.05) is 17.7 Å². The van der Waals surface area contributed by atoms with Crippen LogP contribution in [0.15, 0.2) is 28.7 Å². The molecule has 5 nitrogen and oxygen atoms in total. The van der Waals surface area contributed by atoms with Gasteiger partial charge in [0.1, 0.15) is 11.5 Å². The summed E-state index contributed by atoms with van der Waals surface area (Å²) in [5, 5.41) is 9.38. The van der Waals surface area contributed by atoms with Gasteiger partial charge in [-0.2, -0.15) is 0 Å². The Morgan fingerprint density at radius 3 is 2.84 bits per heavy atom. The summed E-state index contributed by atoms with van der Waals surface area (Å²) in [5.74, 6) is 1.43. The largest absolute Gasteiger partial charge is 0.441 e. The molecule has 5 heteroatoms. The van der Waals surface area contributed by atoms with Gasteiger partial charge in [0, 0.05) is 5.56 Å². The first kappa shape index (κ1) is 18.1. The Morgan fingerprint density at radius 2 is 2.08 bits per heavy atom. The number of hydrogen-bond donors (Lipinski definition) is 1. The fourth-order valence-electron chi connectivity index (χ4n) is 3.32. The van der Waals surface area contributed by atoms with Crippen LogP contribution in [0, 0.1) is 13.8 Å². The molecule has 0 saturated heterocycles. The lowest BCUT2D eigenvalue weighted by molar-refractivity contribution is -0.148. The highest BCUT2D eigenvalue weighted by Gasteiger charge is 2.25. The molecule has 1 N–H and O–H groups in total. The lowest BCUT2D eigenvalue weighted by Crippen LogP contribution is -2.30. The van der Waals surface area contributed by atoms with Gasteiger partial charge in [0.25, 0.3) is 0 Å². The summed E-state index contributed by atoms with van der Waals surface area (Å²) in [7, 11) is 0. The number of nitrogens with zero attached hydrogens (tertiary/aromatic N) is 1. The van der Waals surface area contributed by atoms with Gasteiger partial charge >= 0.3 is 0 Å². The van der Waals surface area contributed by atoms with E-state index in [2.05, 4.69) is 24.0 Å². The summed E-state index contributed by atoms with van der Waals surface area (Å²) in [6.07, 6.45) is 3.34. The maximum atomic E-state index is 9.38. The molecule has 1 aliphatic rings. The SMILES string of the molecule is Cc1cccc(-c2nc(CO[C@H]3CCCC(O[C@H](C)O)C3)c(C)o2)c1. The first-order valence-electron chi connectivity index (χ1n) is 8.99. The number of ether oxygens (including phenoxy) is 2. The zero-order valence-corrected chi connectivity index (χ0v) is 15.2. The number of aromatic nitrogens is 1. The third-order valence-electron chi connectivity index (χ3n) is 4.58. The van der Waals surface area contributed by atoms with Gasteiger partial charge in [0.05, 0.1) is 18.8 Å². The minimum absolute atomic E-state index is 0.0695. The number of benzene rings is 1. The Hall–Kier alpha value is -1.69. The van der Waals surface area contributed by atoms with Gasteiger partial charge in [0.2, 0.25) is 5.89 Å². The third-order valence-corrected chi connectivity index (χ3v) is 4.58. The molecule has 3 atom stereocenters. The second kappa shape index (κ2) is 8.13. The van der Waals surface area contributed by atoms with Crippen LogP contribution in [-0.2, 0) is 16.1 Å². The molecular formula is C20H27NO4. The van der Waals surface area contributed by atoms with Crippen molar-refractivity contribution in [1.82, 2.24) is 4.98 Å². The summed E-state index contributed by atoms with van der Waals surface area (Å²) in [6, 6.07) is 8.12. The summed E-state index contributed by atoms with van der Waals surface area (Å²) < 4.78 is 17.4. The Bertz CT molecular complexity index is 695. The van der Waals surface area contributed by atoms with Crippen molar-refractivity contribution < 1.29 is 19.0 Å². The average Bonchev–Trinajstić information content (AvgIpc) is 2.94. The van der Waals surface area contributed by atoms with Crippen molar-refractivity contribution >= 4 is 0 Å². The monoisotopic (exact) mass is 345 g/mol. The third kappa shape index (κ3) is 4.91. The number of oxazole rings is 1. The van der Waals surface area contributed by atoms with Crippen LogP contribution >= 0.6 is 0 Å². The van der Waals surface area contributed by atoms with E-state index >= 15 is 0 Å². The Labute approximate surface area is 149 Å². The summed E-state index contributed by atoms with van der Waals surface area (Å²) >= 11 is 0. The van der Waals surface area contributed by atoms with Gasteiger partial charge < -0.3 is 19.0 Å². The van der Waals surface area contributed by atoms with Crippen molar-refractivity contribution in [3.8, 4) is 11.5 Å². The topological polar surface area (TPSA) is 64.7 Å². The van der Waals surface area contributed by atoms with Crippen LogP contribution in [0.3, 0.4) is 0 Å². The highest BCUT2D eigenvalue weighted by Crippen LogP contribution is 2.27. The number of aryl methyl sites for hydroxylation is 2. The predicted octanol–water partition coefficient (Wildman–Crippen LogP) is 4.14.